The lowest BCUT2D eigenvalue weighted by Crippen LogP contribution is -2.18. The summed E-state index contributed by atoms with van der Waals surface area (Å²) < 4.78 is 5.06. The van der Waals surface area contributed by atoms with Crippen LogP contribution in [-0.4, -0.2) is 23.1 Å². The first-order valence-corrected chi connectivity index (χ1v) is 4.71. The second-order valence-corrected chi connectivity index (χ2v) is 3.30. The second-order valence-electron chi connectivity index (χ2n) is 3.30. The van der Waals surface area contributed by atoms with Crippen LogP contribution in [0, 0.1) is 0 Å². The molecule has 0 radical (unpaired) electrons. The Morgan fingerprint density at radius 1 is 1.31 bits per heavy atom. The van der Waals surface area contributed by atoms with Crippen LogP contribution in [0.3, 0.4) is 0 Å². The van der Waals surface area contributed by atoms with E-state index in [4.69, 9.17) is 10.3 Å². The molecule has 72 valence electrons. The smallest absolute Gasteiger partial charge is 0.413 e. The number of carbonyl (C=O) groups excluding carboxylic acids is 1. The van der Waals surface area contributed by atoms with Crippen LogP contribution in [-0.2, 0) is 9.53 Å². The molecule has 1 saturated carbocycles. The molecule has 1 fully saturated rings. The Balaban J connectivity index is 2.33. The van der Waals surface area contributed by atoms with Crippen molar-refractivity contribution in [3.63, 3.8) is 0 Å². The van der Waals surface area contributed by atoms with E-state index >= 15 is 0 Å². The fourth-order valence-corrected chi connectivity index (χ4v) is 1.60. The van der Waals surface area contributed by atoms with Crippen LogP contribution < -0.4 is 0 Å². The normalized spacial score (nSPS) is 18.5. The SMILES string of the molecule is [N-]=[N+]=CC(=O)OC1CCCCCC1. The van der Waals surface area contributed by atoms with Gasteiger partial charge in [-0.05, 0) is 25.7 Å². The molecule has 0 aromatic carbocycles. The third-order valence-electron chi connectivity index (χ3n) is 2.25. The van der Waals surface area contributed by atoms with E-state index in [1.807, 2.05) is 0 Å². The van der Waals surface area contributed by atoms with Crippen LogP contribution >= 0.6 is 0 Å². The van der Waals surface area contributed by atoms with Crippen molar-refractivity contribution in [1.82, 2.24) is 0 Å². The van der Waals surface area contributed by atoms with E-state index in [-0.39, 0.29) is 6.10 Å². The highest BCUT2D eigenvalue weighted by Gasteiger charge is 2.16. The van der Waals surface area contributed by atoms with Gasteiger partial charge in [-0.25, -0.2) is 4.79 Å². The summed E-state index contributed by atoms with van der Waals surface area (Å²) in [6.07, 6.45) is 7.38. The summed E-state index contributed by atoms with van der Waals surface area (Å²) in [4.78, 5) is 13.5. The third kappa shape index (κ3) is 3.85. The highest BCUT2D eigenvalue weighted by atomic mass is 16.5. The molecule has 1 aliphatic carbocycles. The molecule has 0 N–H and O–H groups in total. The van der Waals surface area contributed by atoms with Crippen molar-refractivity contribution in [3.05, 3.63) is 5.53 Å². The van der Waals surface area contributed by atoms with Crippen molar-refractivity contribution in [2.45, 2.75) is 44.6 Å². The van der Waals surface area contributed by atoms with Gasteiger partial charge < -0.3 is 10.3 Å². The molecule has 1 aliphatic rings. The second kappa shape index (κ2) is 5.49. The molecule has 0 aliphatic heterocycles. The number of nitrogens with zero attached hydrogens (tertiary/aromatic N) is 2. The Morgan fingerprint density at radius 3 is 2.46 bits per heavy atom. The van der Waals surface area contributed by atoms with E-state index in [9.17, 15) is 4.79 Å². The van der Waals surface area contributed by atoms with Gasteiger partial charge in [-0.1, -0.05) is 12.8 Å². The van der Waals surface area contributed by atoms with Gasteiger partial charge in [0.1, 0.15) is 6.10 Å². The zero-order valence-electron chi connectivity index (χ0n) is 7.61. The standard InChI is InChI=1S/C9H14N2O2/c10-11-7-9(12)13-8-5-3-1-2-4-6-8/h7-8H,1-6H2. The van der Waals surface area contributed by atoms with Crippen LogP contribution in [0.5, 0.6) is 0 Å². The number of esters is 1. The first kappa shape index (κ1) is 9.93. The van der Waals surface area contributed by atoms with E-state index in [2.05, 4.69) is 4.79 Å². The van der Waals surface area contributed by atoms with E-state index in [0.29, 0.717) is 0 Å². The molecule has 0 atom stereocenters. The predicted octanol–water partition coefficient (Wildman–Crippen LogP) is 1.55. The van der Waals surface area contributed by atoms with Crippen molar-refractivity contribution in [2.75, 3.05) is 0 Å². The fraction of sp³-hybridized carbons (Fsp3) is 0.778. The summed E-state index contributed by atoms with van der Waals surface area (Å²) in [7, 11) is 0. The molecule has 4 nitrogen and oxygen atoms in total. The number of hydrogen-bond donors (Lipinski definition) is 0. The first-order valence-electron chi connectivity index (χ1n) is 4.71. The number of rotatable bonds is 2. The van der Waals surface area contributed by atoms with Crippen molar-refractivity contribution in [1.29, 1.82) is 0 Å². The molecule has 13 heavy (non-hydrogen) atoms. The molecule has 0 spiro atoms. The van der Waals surface area contributed by atoms with E-state index < -0.39 is 5.97 Å². The van der Waals surface area contributed by atoms with Crippen LogP contribution in [0.15, 0.2) is 0 Å². The summed E-state index contributed by atoms with van der Waals surface area (Å²) >= 11 is 0. The predicted molar refractivity (Wildman–Crippen MR) is 47.3 cm³/mol. The van der Waals surface area contributed by atoms with Crippen molar-refractivity contribution >= 4 is 12.2 Å². The summed E-state index contributed by atoms with van der Waals surface area (Å²) in [6.45, 7) is 0. The topological polar surface area (TPSA) is 62.7 Å². The van der Waals surface area contributed by atoms with Gasteiger partial charge in [-0.15, -0.1) is 0 Å². The van der Waals surface area contributed by atoms with Crippen LogP contribution in [0.4, 0.5) is 0 Å². The molecule has 4 heteroatoms. The molecule has 0 heterocycles. The minimum atomic E-state index is -0.547. The molecular weight excluding hydrogens is 168 g/mol. The molecular formula is C9H14N2O2. The van der Waals surface area contributed by atoms with Gasteiger partial charge in [-0.3, -0.25) is 0 Å². The van der Waals surface area contributed by atoms with E-state index in [1.54, 1.807) is 0 Å². The lowest BCUT2D eigenvalue weighted by molar-refractivity contribution is -0.144. The minimum Gasteiger partial charge on any atom is -0.454 e. The summed E-state index contributed by atoms with van der Waals surface area (Å²) in [6, 6.07) is 0. The molecule has 0 aromatic heterocycles. The van der Waals surface area contributed by atoms with Crippen LogP contribution in [0.2, 0.25) is 0 Å². The molecule has 0 amide bonds. The highest BCUT2D eigenvalue weighted by molar-refractivity contribution is 6.20. The van der Waals surface area contributed by atoms with Gasteiger partial charge in [0.25, 0.3) is 0 Å². The first-order chi connectivity index (χ1) is 6.33. The zero-order chi connectivity index (χ0) is 9.52. The van der Waals surface area contributed by atoms with Crippen molar-refractivity contribution in [3.8, 4) is 0 Å². The number of ether oxygens (including phenoxy) is 1. The lowest BCUT2D eigenvalue weighted by atomic mass is 10.1. The Hall–Kier alpha value is -1.15. The zero-order valence-corrected chi connectivity index (χ0v) is 7.61. The number of hydrogen-bond acceptors (Lipinski definition) is 2. The fourth-order valence-electron chi connectivity index (χ4n) is 1.60. The van der Waals surface area contributed by atoms with Crippen LogP contribution in [0.25, 0.3) is 5.53 Å². The minimum absolute atomic E-state index is 0.0213. The van der Waals surface area contributed by atoms with Crippen molar-refractivity contribution in [2.24, 2.45) is 0 Å². The number of carbonyl (C=O) groups is 1. The maximum absolute atomic E-state index is 10.9. The third-order valence-corrected chi connectivity index (χ3v) is 2.25. The Labute approximate surface area is 77.5 Å². The van der Waals surface area contributed by atoms with Gasteiger partial charge >= 0.3 is 12.2 Å². The molecule has 0 bridgehead atoms. The highest BCUT2D eigenvalue weighted by Crippen LogP contribution is 2.19. The molecule has 0 unspecified atom stereocenters. The summed E-state index contributed by atoms with van der Waals surface area (Å²) in [5, 5.41) is 0. The Bertz CT molecular complexity index is 214. The van der Waals surface area contributed by atoms with Gasteiger partial charge in [0.2, 0.25) is 0 Å². The molecule has 0 aromatic rings. The summed E-state index contributed by atoms with van der Waals surface area (Å²) in [5.41, 5.74) is 8.09. The average molecular weight is 182 g/mol. The van der Waals surface area contributed by atoms with Crippen LogP contribution in [0.1, 0.15) is 38.5 Å². The molecule has 0 saturated heterocycles. The van der Waals surface area contributed by atoms with E-state index in [0.717, 1.165) is 31.9 Å². The van der Waals surface area contributed by atoms with E-state index in [1.165, 1.54) is 12.8 Å². The maximum atomic E-state index is 10.9. The van der Waals surface area contributed by atoms with Gasteiger partial charge in [-0.2, -0.15) is 4.79 Å². The van der Waals surface area contributed by atoms with Gasteiger partial charge in [0.15, 0.2) is 0 Å². The Kier molecular flexibility index (Phi) is 4.19. The quantitative estimate of drug-likeness (QED) is 0.214. The Morgan fingerprint density at radius 2 is 1.92 bits per heavy atom. The largest absolute Gasteiger partial charge is 0.454 e. The van der Waals surface area contributed by atoms with Gasteiger partial charge in [0.05, 0.1) is 0 Å². The maximum Gasteiger partial charge on any atom is 0.413 e. The average Bonchev–Trinajstić information content (AvgIpc) is 2.33. The van der Waals surface area contributed by atoms with Crippen molar-refractivity contribution < 1.29 is 14.3 Å². The summed E-state index contributed by atoms with van der Waals surface area (Å²) in [5.74, 6) is -0.547. The monoisotopic (exact) mass is 182 g/mol. The van der Waals surface area contributed by atoms with Gasteiger partial charge in [0, 0.05) is 0 Å². The lowest BCUT2D eigenvalue weighted by Gasteiger charge is -2.11. The molecule has 1 rings (SSSR count).